The van der Waals surface area contributed by atoms with Crippen LogP contribution in [0.1, 0.15) is 43.7 Å². The van der Waals surface area contributed by atoms with E-state index in [-0.39, 0.29) is 5.91 Å². The fourth-order valence-corrected chi connectivity index (χ4v) is 2.40. The van der Waals surface area contributed by atoms with E-state index in [9.17, 15) is 4.79 Å². The van der Waals surface area contributed by atoms with Crippen molar-refractivity contribution in [3.63, 3.8) is 0 Å². The van der Waals surface area contributed by atoms with Crippen LogP contribution in [0.25, 0.3) is 0 Å². The molecule has 1 aliphatic rings. The van der Waals surface area contributed by atoms with E-state index in [1.54, 1.807) is 0 Å². The molecular formula is C14H19NO. The molecule has 1 fully saturated rings. The highest BCUT2D eigenvalue weighted by Crippen LogP contribution is 2.33. The van der Waals surface area contributed by atoms with Gasteiger partial charge in [-0.05, 0) is 30.4 Å². The second kappa shape index (κ2) is 4.28. The van der Waals surface area contributed by atoms with E-state index in [0.29, 0.717) is 12.3 Å². The van der Waals surface area contributed by atoms with Gasteiger partial charge in [-0.3, -0.25) is 4.79 Å². The molecule has 0 spiro atoms. The molecule has 0 unspecified atom stereocenters. The van der Waals surface area contributed by atoms with Gasteiger partial charge in [-0.2, -0.15) is 0 Å². The molecule has 0 bridgehead atoms. The highest BCUT2D eigenvalue weighted by Gasteiger charge is 2.25. The molecule has 1 saturated heterocycles. The van der Waals surface area contributed by atoms with E-state index in [1.165, 1.54) is 11.1 Å². The number of hydrogen-bond donors (Lipinski definition) is 0. The molecule has 0 radical (unpaired) electrons. The second-order valence-electron chi connectivity index (χ2n) is 4.82. The first-order valence-corrected chi connectivity index (χ1v) is 6.01. The lowest BCUT2D eigenvalue weighted by atomic mass is 9.97. The Morgan fingerprint density at radius 3 is 2.62 bits per heavy atom. The van der Waals surface area contributed by atoms with Gasteiger partial charge in [0, 0.05) is 18.7 Å². The standard InChI is InChI=1S/C14H19NO/c1-10(2)12-7-4-6-11(3)14(12)15-9-5-8-13(15)16/h4,6-7,10H,5,8-9H2,1-3H3. The van der Waals surface area contributed by atoms with Crippen LogP contribution < -0.4 is 4.90 Å². The molecule has 2 rings (SSSR count). The number of aryl methyl sites for hydroxylation is 1. The maximum absolute atomic E-state index is 11.8. The fraction of sp³-hybridized carbons (Fsp3) is 0.500. The minimum Gasteiger partial charge on any atom is -0.312 e. The molecular weight excluding hydrogens is 198 g/mol. The number of para-hydroxylation sites is 1. The first-order chi connectivity index (χ1) is 7.61. The van der Waals surface area contributed by atoms with Crippen molar-refractivity contribution in [3.05, 3.63) is 29.3 Å². The Kier molecular flexibility index (Phi) is 2.99. The summed E-state index contributed by atoms with van der Waals surface area (Å²) < 4.78 is 0. The lowest BCUT2D eigenvalue weighted by Crippen LogP contribution is -2.26. The first-order valence-electron chi connectivity index (χ1n) is 6.01. The summed E-state index contributed by atoms with van der Waals surface area (Å²) in [5.74, 6) is 0.736. The van der Waals surface area contributed by atoms with Gasteiger partial charge >= 0.3 is 0 Å². The van der Waals surface area contributed by atoms with Gasteiger partial charge in [-0.1, -0.05) is 32.0 Å². The van der Waals surface area contributed by atoms with E-state index in [2.05, 4.69) is 39.0 Å². The monoisotopic (exact) mass is 217 g/mol. The van der Waals surface area contributed by atoms with E-state index in [4.69, 9.17) is 0 Å². The number of amides is 1. The number of carbonyl (C=O) groups excluding carboxylic acids is 1. The average molecular weight is 217 g/mol. The topological polar surface area (TPSA) is 20.3 Å². The molecule has 2 heteroatoms. The third-order valence-electron chi connectivity index (χ3n) is 3.23. The highest BCUT2D eigenvalue weighted by atomic mass is 16.2. The zero-order valence-corrected chi connectivity index (χ0v) is 10.3. The Morgan fingerprint density at radius 1 is 1.31 bits per heavy atom. The quantitative estimate of drug-likeness (QED) is 0.744. The van der Waals surface area contributed by atoms with Crippen LogP contribution in [0.5, 0.6) is 0 Å². The molecule has 1 amide bonds. The summed E-state index contributed by atoms with van der Waals surface area (Å²) in [6, 6.07) is 6.31. The Balaban J connectivity index is 2.49. The number of nitrogens with zero attached hydrogens (tertiary/aromatic N) is 1. The Labute approximate surface area is 97.3 Å². The number of rotatable bonds is 2. The van der Waals surface area contributed by atoms with E-state index >= 15 is 0 Å². The number of hydrogen-bond acceptors (Lipinski definition) is 1. The van der Waals surface area contributed by atoms with Gasteiger partial charge in [-0.25, -0.2) is 0 Å². The lowest BCUT2D eigenvalue weighted by molar-refractivity contribution is -0.117. The van der Waals surface area contributed by atoms with Gasteiger partial charge in [0.15, 0.2) is 0 Å². The summed E-state index contributed by atoms with van der Waals surface area (Å²) in [6.45, 7) is 7.33. The largest absolute Gasteiger partial charge is 0.312 e. The van der Waals surface area contributed by atoms with Crippen LogP contribution in [0.15, 0.2) is 18.2 Å². The molecule has 1 aromatic carbocycles. The Hall–Kier alpha value is -1.31. The van der Waals surface area contributed by atoms with Crippen LogP contribution in [0, 0.1) is 6.92 Å². The highest BCUT2D eigenvalue weighted by molar-refractivity contribution is 5.96. The van der Waals surface area contributed by atoms with Crippen molar-refractivity contribution in [1.29, 1.82) is 0 Å². The fourth-order valence-electron chi connectivity index (χ4n) is 2.40. The molecule has 0 N–H and O–H groups in total. The Morgan fingerprint density at radius 2 is 2.06 bits per heavy atom. The lowest BCUT2D eigenvalue weighted by Gasteiger charge is -2.23. The van der Waals surface area contributed by atoms with Crippen molar-refractivity contribution >= 4 is 11.6 Å². The zero-order valence-electron chi connectivity index (χ0n) is 10.3. The van der Waals surface area contributed by atoms with E-state index in [0.717, 1.165) is 18.7 Å². The molecule has 86 valence electrons. The van der Waals surface area contributed by atoms with Gasteiger partial charge in [0.1, 0.15) is 0 Å². The van der Waals surface area contributed by atoms with Crippen LogP contribution >= 0.6 is 0 Å². The zero-order chi connectivity index (χ0) is 11.7. The summed E-state index contributed by atoms with van der Waals surface area (Å²) in [7, 11) is 0. The third kappa shape index (κ3) is 1.84. The molecule has 0 aliphatic carbocycles. The summed E-state index contributed by atoms with van der Waals surface area (Å²) in [5.41, 5.74) is 3.65. The van der Waals surface area contributed by atoms with Crippen molar-refractivity contribution in [2.24, 2.45) is 0 Å². The van der Waals surface area contributed by atoms with Crippen LogP contribution in [-0.2, 0) is 4.79 Å². The summed E-state index contributed by atoms with van der Waals surface area (Å²) in [5, 5.41) is 0. The van der Waals surface area contributed by atoms with E-state index in [1.807, 2.05) is 4.90 Å². The SMILES string of the molecule is Cc1cccc(C(C)C)c1N1CCCC1=O. The Bertz CT molecular complexity index is 409. The van der Waals surface area contributed by atoms with Crippen LogP contribution in [0.3, 0.4) is 0 Å². The molecule has 16 heavy (non-hydrogen) atoms. The van der Waals surface area contributed by atoms with Gasteiger partial charge in [0.05, 0.1) is 0 Å². The van der Waals surface area contributed by atoms with Crippen molar-refractivity contribution < 1.29 is 4.79 Å². The predicted octanol–water partition coefficient (Wildman–Crippen LogP) is 3.25. The average Bonchev–Trinajstić information content (AvgIpc) is 2.64. The van der Waals surface area contributed by atoms with Crippen molar-refractivity contribution in [3.8, 4) is 0 Å². The summed E-state index contributed by atoms with van der Waals surface area (Å²) in [4.78, 5) is 13.8. The van der Waals surface area contributed by atoms with Crippen molar-refractivity contribution in [2.75, 3.05) is 11.4 Å². The maximum atomic E-state index is 11.8. The number of carbonyl (C=O) groups is 1. The number of anilines is 1. The van der Waals surface area contributed by atoms with Gasteiger partial charge in [-0.15, -0.1) is 0 Å². The van der Waals surface area contributed by atoms with Crippen LogP contribution in [-0.4, -0.2) is 12.5 Å². The molecule has 0 atom stereocenters. The molecule has 2 nitrogen and oxygen atoms in total. The van der Waals surface area contributed by atoms with Gasteiger partial charge in [0.25, 0.3) is 0 Å². The molecule has 0 saturated carbocycles. The van der Waals surface area contributed by atoms with Crippen molar-refractivity contribution in [1.82, 2.24) is 0 Å². The second-order valence-corrected chi connectivity index (χ2v) is 4.82. The summed E-state index contributed by atoms with van der Waals surface area (Å²) >= 11 is 0. The molecule has 1 heterocycles. The smallest absolute Gasteiger partial charge is 0.227 e. The summed E-state index contributed by atoms with van der Waals surface area (Å²) in [6.07, 6.45) is 1.69. The van der Waals surface area contributed by atoms with Gasteiger partial charge < -0.3 is 4.90 Å². The minimum atomic E-state index is 0.274. The third-order valence-corrected chi connectivity index (χ3v) is 3.23. The first kappa shape index (κ1) is 11.2. The maximum Gasteiger partial charge on any atom is 0.227 e. The van der Waals surface area contributed by atoms with Crippen LogP contribution in [0.4, 0.5) is 5.69 Å². The van der Waals surface area contributed by atoms with Gasteiger partial charge in [0.2, 0.25) is 5.91 Å². The normalized spacial score (nSPS) is 16.2. The van der Waals surface area contributed by atoms with E-state index < -0.39 is 0 Å². The molecule has 0 aromatic heterocycles. The predicted molar refractivity (Wildman–Crippen MR) is 66.9 cm³/mol. The minimum absolute atomic E-state index is 0.274. The molecule has 1 aromatic rings. The molecule has 1 aliphatic heterocycles. The van der Waals surface area contributed by atoms with Crippen molar-refractivity contribution in [2.45, 2.75) is 39.5 Å². The number of benzene rings is 1. The van der Waals surface area contributed by atoms with Crippen LogP contribution in [0.2, 0.25) is 0 Å².